The van der Waals surface area contributed by atoms with Crippen molar-refractivity contribution in [2.24, 2.45) is 10.9 Å². The highest BCUT2D eigenvalue weighted by atomic mass is 16.4. The largest absolute Gasteiger partial charge is 0.409 e. The number of nitrogens with two attached hydrogens (primary N) is 1. The zero-order valence-electron chi connectivity index (χ0n) is 9.03. The van der Waals surface area contributed by atoms with Crippen molar-refractivity contribution in [3.63, 3.8) is 0 Å². The molecule has 1 heterocycles. The normalized spacial score (nSPS) is 11.4. The number of nitrogens with zero attached hydrogens (tertiary/aromatic N) is 2. The SMILES string of the molecule is CCCCC(=O)Nc1[nH]ncc1C(N)=NO. The third-order valence-corrected chi connectivity index (χ3v) is 2.04. The predicted octanol–water partition coefficient (Wildman–Crippen LogP) is 0.633. The van der Waals surface area contributed by atoms with Crippen LogP contribution in [0.1, 0.15) is 31.7 Å². The highest BCUT2D eigenvalue weighted by Gasteiger charge is 2.11. The number of hydrogen-bond acceptors (Lipinski definition) is 4. The van der Waals surface area contributed by atoms with Gasteiger partial charge in [0.1, 0.15) is 5.82 Å². The molecule has 0 aliphatic carbocycles. The van der Waals surface area contributed by atoms with E-state index in [0.717, 1.165) is 12.8 Å². The van der Waals surface area contributed by atoms with Gasteiger partial charge >= 0.3 is 0 Å². The molecule has 1 rings (SSSR count). The first-order valence-electron chi connectivity index (χ1n) is 5.00. The number of unbranched alkanes of at least 4 members (excludes halogenated alkanes) is 1. The lowest BCUT2D eigenvalue weighted by Crippen LogP contribution is -2.18. The number of carbonyl (C=O) groups is 1. The molecule has 1 aromatic rings. The topological polar surface area (TPSA) is 116 Å². The van der Waals surface area contributed by atoms with E-state index in [4.69, 9.17) is 10.9 Å². The van der Waals surface area contributed by atoms with Crippen molar-refractivity contribution in [1.82, 2.24) is 10.2 Å². The van der Waals surface area contributed by atoms with Crippen molar-refractivity contribution in [2.75, 3.05) is 5.32 Å². The van der Waals surface area contributed by atoms with E-state index in [-0.39, 0.29) is 11.7 Å². The first kappa shape index (κ1) is 12.0. The minimum absolute atomic E-state index is 0.0976. The second-order valence-electron chi connectivity index (χ2n) is 3.30. The summed E-state index contributed by atoms with van der Waals surface area (Å²) in [5, 5.41) is 20.3. The molecule has 1 aromatic heterocycles. The van der Waals surface area contributed by atoms with Gasteiger partial charge in [-0.1, -0.05) is 18.5 Å². The van der Waals surface area contributed by atoms with Crippen LogP contribution in [-0.4, -0.2) is 27.1 Å². The zero-order valence-corrected chi connectivity index (χ0v) is 9.03. The van der Waals surface area contributed by atoms with E-state index in [2.05, 4.69) is 20.7 Å². The van der Waals surface area contributed by atoms with E-state index < -0.39 is 0 Å². The van der Waals surface area contributed by atoms with Gasteiger partial charge in [0, 0.05) is 6.42 Å². The lowest BCUT2D eigenvalue weighted by molar-refractivity contribution is -0.116. The molecule has 7 nitrogen and oxygen atoms in total. The number of carbonyl (C=O) groups excluding carboxylic acids is 1. The predicted molar refractivity (Wildman–Crippen MR) is 59.3 cm³/mol. The molecule has 5 N–H and O–H groups in total. The fourth-order valence-electron chi connectivity index (χ4n) is 1.17. The van der Waals surface area contributed by atoms with Gasteiger partial charge in [0.15, 0.2) is 5.84 Å². The van der Waals surface area contributed by atoms with Crippen molar-refractivity contribution < 1.29 is 10.0 Å². The summed E-state index contributed by atoms with van der Waals surface area (Å²) < 4.78 is 0. The molecule has 0 radical (unpaired) electrons. The second kappa shape index (κ2) is 5.74. The molecule has 0 unspecified atom stereocenters. The summed E-state index contributed by atoms with van der Waals surface area (Å²) in [6, 6.07) is 0. The van der Waals surface area contributed by atoms with Crippen molar-refractivity contribution in [3.8, 4) is 0 Å². The maximum atomic E-state index is 11.4. The minimum Gasteiger partial charge on any atom is -0.409 e. The zero-order chi connectivity index (χ0) is 12.0. The fraction of sp³-hybridized carbons (Fsp3) is 0.444. The summed E-state index contributed by atoms with van der Waals surface area (Å²) >= 11 is 0. The monoisotopic (exact) mass is 225 g/mol. The summed E-state index contributed by atoms with van der Waals surface area (Å²) in [4.78, 5) is 11.4. The maximum Gasteiger partial charge on any atom is 0.225 e. The number of aromatic nitrogens is 2. The quantitative estimate of drug-likeness (QED) is 0.254. The molecule has 0 saturated carbocycles. The average molecular weight is 225 g/mol. The van der Waals surface area contributed by atoms with E-state index in [9.17, 15) is 4.79 Å². The molecule has 0 fully saturated rings. The third kappa shape index (κ3) is 2.97. The molecule has 0 aliphatic heterocycles. The van der Waals surface area contributed by atoms with E-state index in [0.29, 0.717) is 17.8 Å². The van der Waals surface area contributed by atoms with E-state index in [1.165, 1.54) is 6.20 Å². The summed E-state index contributed by atoms with van der Waals surface area (Å²) in [6.07, 6.45) is 3.58. The first-order valence-corrected chi connectivity index (χ1v) is 5.00. The number of rotatable bonds is 5. The molecule has 0 saturated heterocycles. The van der Waals surface area contributed by atoms with Crippen LogP contribution >= 0.6 is 0 Å². The molecule has 0 atom stereocenters. The van der Waals surface area contributed by atoms with Crippen LogP contribution in [0.15, 0.2) is 11.4 Å². The van der Waals surface area contributed by atoms with Crippen LogP contribution in [0.25, 0.3) is 0 Å². The number of amidine groups is 1. The Balaban J connectivity index is 2.67. The molecule has 0 aromatic carbocycles. The summed E-state index contributed by atoms with van der Waals surface area (Å²) in [7, 11) is 0. The smallest absolute Gasteiger partial charge is 0.225 e. The number of H-pyrrole nitrogens is 1. The van der Waals surface area contributed by atoms with Crippen LogP contribution in [0, 0.1) is 0 Å². The molecule has 0 bridgehead atoms. The Morgan fingerprint density at radius 1 is 1.75 bits per heavy atom. The molecule has 1 amide bonds. The number of nitrogens with one attached hydrogen (secondary N) is 2. The minimum atomic E-state index is -0.127. The van der Waals surface area contributed by atoms with Crippen LogP contribution < -0.4 is 11.1 Å². The Morgan fingerprint density at radius 3 is 3.12 bits per heavy atom. The molecule has 16 heavy (non-hydrogen) atoms. The number of hydrogen-bond donors (Lipinski definition) is 4. The highest BCUT2D eigenvalue weighted by Crippen LogP contribution is 2.11. The van der Waals surface area contributed by atoms with Crippen LogP contribution in [0.5, 0.6) is 0 Å². The van der Waals surface area contributed by atoms with Gasteiger partial charge in [0.05, 0.1) is 11.8 Å². The fourth-order valence-corrected chi connectivity index (χ4v) is 1.17. The van der Waals surface area contributed by atoms with Gasteiger partial charge in [-0.25, -0.2) is 0 Å². The molecule has 7 heteroatoms. The van der Waals surface area contributed by atoms with Gasteiger partial charge in [-0.2, -0.15) is 5.10 Å². The Kier molecular flexibility index (Phi) is 4.31. The van der Waals surface area contributed by atoms with Crippen molar-refractivity contribution in [1.29, 1.82) is 0 Å². The molecule has 0 aliphatic rings. The maximum absolute atomic E-state index is 11.4. The summed E-state index contributed by atoms with van der Waals surface area (Å²) in [6.45, 7) is 2.01. The molecular weight excluding hydrogens is 210 g/mol. The van der Waals surface area contributed by atoms with Crippen LogP contribution in [-0.2, 0) is 4.79 Å². The van der Waals surface area contributed by atoms with Crippen LogP contribution in [0.4, 0.5) is 5.82 Å². The molecule has 0 spiro atoms. The number of anilines is 1. The van der Waals surface area contributed by atoms with E-state index in [1.807, 2.05) is 6.92 Å². The van der Waals surface area contributed by atoms with Crippen LogP contribution in [0.3, 0.4) is 0 Å². The van der Waals surface area contributed by atoms with E-state index >= 15 is 0 Å². The number of amides is 1. The van der Waals surface area contributed by atoms with Crippen molar-refractivity contribution in [3.05, 3.63) is 11.8 Å². The molecular formula is C9H15N5O2. The Morgan fingerprint density at radius 2 is 2.50 bits per heavy atom. The average Bonchev–Trinajstić information content (AvgIpc) is 2.73. The van der Waals surface area contributed by atoms with Gasteiger partial charge in [0.25, 0.3) is 0 Å². The highest BCUT2D eigenvalue weighted by molar-refractivity contribution is 6.04. The summed E-state index contributed by atoms with van der Waals surface area (Å²) in [5.74, 6) is 0.119. The van der Waals surface area contributed by atoms with Crippen molar-refractivity contribution in [2.45, 2.75) is 26.2 Å². The van der Waals surface area contributed by atoms with Gasteiger partial charge in [-0.3, -0.25) is 9.89 Å². The van der Waals surface area contributed by atoms with E-state index in [1.54, 1.807) is 0 Å². The van der Waals surface area contributed by atoms with Crippen molar-refractivity contribution >= 4 is 17.6 Å². The number of oxime groups is 1. The Labute approximate surface area is 92.7 Å². The van der Waals surface area contributed by atoms with Gasteiger partial charge in [0.2, 0.25) is 5.91 Å². The first-order chi connectivity index (χ1) is 7.69. The lowest BCUT2D eigenvalue weighted by atomic mass is 10.2. The molecule has 88 valence electrons. The second-order valence-corrected chi connectivity index (χ2v) is 3.30. The van der Waals surface area contributed by atoms with Crippen LogP contribution in [0.2, 0.25) is 0 Å². The summed E-state index contributed by atoms with van der Waals surface area (Å²) in [5.41, 5.74) is 5.77. The Hall–Kier alpha value is -2.05. The Bertz CT molecular complexity index is 385. The standard InChI is InChI=1S/C9H15N5O2/c1-2-3-4-7(15)12-9-6(5-11-13-9)8(10)14-16/h5,16H,2-4H2,1H3,(H2,10,14)(H2,11,12,13,15). The van der Waals surface area contributed by atoms with Gasteiger partial charge in [-0.15, -0.1) is 0 Å². The number of aromatic amines is 1. The third-order valence-electron chi connectivity index (χ3n) is 2.04. The lowest BCUT2D eigenvalue weighted by Gasteiger charge is -2.03. The van der Waals surface area contributed by atoms with Gasteiger partial charge < -0.3 is 16.3 Å². The van der Waals surface area contributed by atoms with Gasteiger partial charge in [-0.05, 0) is 6.42 Å².